The summed E-state index contributed by atoms with van der Waals surface area (Å²) in [5.41, 5.74) is 2.25. The Morgan fingerprint density at radius 1 is 1.39 bits per heavy atom. The van der Waals surface area contributed by atoms with Crippen LogP contribution in [0.25, 0.3) is 5.69 Å². The maximum atomic E-state index is 13.0. The summed E-state index contributed by atoms with van der Waals surface area (Å²) in [6.07, 6.45) is 0.616. The van der Waals surface area contributed by atoms with Gasteiger partial charge in [0.1, 0.15) is 11.0 Å². The Hall–Kier alpha value is -1.44. The number of hydrogen-bond donors (Lipinski definition) is 1. The molecule has 124 valence electrons. The summed E-state index contributed by atoms with van der Waals surface area (Å²) in [6.45, 7) is 2.29. The molecule has 1 aliphatic rings. The van der Waals surface area contributed by atoms with Crippen molar-refractivity contribution in [1.82, 2.24) is 15.1 Å². The van der Waals surface area contributed by atoms with Gasteiger partial charge in [0.05, 0.1) is 22.9 Å². The van der Waals surface area contributed by atoms with Crippen LogP contribution in [0, 0.1) is 12.7 Å². The third-order valence-corrected chi connectivity index (χ3v) is 6.15. The minimum absolute atomic E-state index is 0.0513. The van der Waals surface area contributed by atoms with Crippen molar-refractivity contribution in [3.05, 3.63) is 46.5 Å². The Kier molecular flexibility index (Phi) is 4.44. The molecule has 23 heavy (non-hydrogen) atoms. The molecule has 1 atom stereocenters. The van der Waals surface area contributed by atoms with Gasteiger partial charge in [-0.1, -0.05) is 11.6 Å². The maximum absolute atomic E-state index is 13.0. The van der Waals surface area contributed by atoms with Gasteiger partial charge in [-0.3, -0.25) is 0 Å². The van der Waals surface area contributed by atoms with E-state index in [2.05, 4.69) is 10.4 Å². The molecule has 8 heteroatoms. The van der Waals surface area contributed by atoms with E-state index in [1.54, 1.807) is 16.8 Å². The first-order chi connectivity index (χ1) is 10.9. The third-order valence-electron chi connectivity index (χ3n) is 3.99. The van der Waals surface area contributed by atoms with Gasteiger partial charge in [-0.15, -0.1) is 0 Å². The van der Waals surface area contributed by atoms with E-state index in [1.165, 1.54) is 12.1 Å². The van der Waals surface area contributed by atoms with Gasteiger partial charge in [0.15, 0.2) is 9.84 Å². The summed E-state index contributed by atoms with van der Waals surface area (Å²) in [5.74, 6) is 0.0696. The van der Waals surface area contributed by atoms with Crippen LogP contribution >= 0.6 is 11.6 Å². The van der Waals surface area contributed by atoms with E-state index in [0.29, 0.717) is 23.8 Å². The molecule has 1 fully saturated rings. The number of rotatable bonds is 4. The molecule has 1 unspecified atom stereocenters. The van der Waals surface area contributed by atoms with E-state index >= 15 is 0 Å². The summed E-state index contributed by atoms with van der Waals surface area (Å²) < 4.78 is 37.6. The van der Waals surface area contributed by atoms with Gasteiger partial charge >= 0.3 is 0 Å². The quantitative estimate of drug-likeness (QED) is 0.911. The molecule has 0 saturated carbocycles. The average Bonchev–Trinajstić information content (AvgIpc) is 2.98. The third kappa shape index (κ3) is 3.57. The van der Waals surface area contributed by atoms with Crippen LogP contribution in [0.15, 0.2) is 24.3 Å². The van der Waals surface area contributed by atoms with Gasteiger partial charge < -0.3 is 5.32 Å². The molecule has 2 heterocycles. The zero-order valence-corrected chi connectivity index (χ0v) is 14.2. The van der Waals surface area contributed by atoms with Crippen LogP contribution in [-0.2, 0) is 16.4 Å². The molecule has 0 aliphatic carbocycles. The van der Waals surface area contributed by atoms with Crippen molar-refractivity contribution in [2.24, 2.45) is 0 Å². The van der Waals surface area contributed by atoms with E-state index in [9.17, 15) is 12.8 Å². The van der Waals surface area contributed by atoms with Crippen LogP contribution in [0.1, 0.15) is 17.7 Å². The van der Waals surface area contributed by atoms with Crippen molar-refractivity contribution in [2.75, 3.05) is 11.5 Å². The fraction of sp³-hybridized carbons (Fsp3) is 0.400. The highest BCUT2D eigenvalue weighted by molar-refractivity contribution is 7.91. The fourth-order valence-electron chi connectivity index (χ4n) is 2.69. The van der Waals surface area contributed by atoms with Crippen molar-refractivity contribution >= 4 is 21.4 Å². The number of halogens is 2. The lowest BCUT2D eigenvalue weighted by Gasteiger charge is -2.10. The molecule has 1 aliphatic heterocycles. The van der Waals surface area contributed by atoms with Gasteiger partial charge in [-0.25, -0.2) is 17.5 Å². The van der Waals surface area contributed by atoms with Crippen LogP contribution in [0.4, 0.5) is 4.39 Å². The Labute approximate surface area is 139 Å². The standard InChI is InChI=1S/C15H17ClFN3O2S/c1-10-14(8-18-12-6-7-23(21,22)9-12)15(16)20(19-10)13-4-2-11(17)3-5-13/h2-5,12,18H,6-9H2,1H3. The topological polar surface area (TPSA) is 64.0 Å². The Morgan fingerprint density at radius 2 is 2.09 bits per heavy atom. The number of aromatic nitrogens is 2. The van der Waals surface area contributed by atoms with Crippen molar-refractivity contribution in [1.29, 1.82) is 0 Å². The molecular weight excluding hydrogens is 341 g/mol. The fourth-order valence-corrected chi connectivity index (χ4v) is 4.73. The second kappa shape index (κ2) is 6.22. The number of aryl methyl sites for hydroxylation is 1. The molecule has 1 saturated heterocycles. The number of hydrogen-bond acceptors (Lipinski definition) is 4. The summed E-state index contributed by atoms with van der Waals surface area (Å²) in [5, 5.41) is 8.07. The van der Waals surface area contributed by atoms with Crippen LogP contribution in [0.5, 0.6) is 0 Å². The first kappa shape index (κ1) is 16.4. The van der Waals surface area contributed by atoms with Gasteiger partial charge in [0, 0.05) is 18.2 Å². The lowest BCUT2D eigenvalue weighted by molar-refractivity contribution is 0.553. The van der Waals surface area contributed by atoms with Gasteiger partial charge in [0.2, 0.25) is 0 Å². The van der Waals surface area contributed by atoms with E-state index in [0.717, 1.165) is 11.3 Å². The van der Waals surface area contributed by atoms with Crippen LogP contribution in [0.3, 0.4) is 0 Å². The summed E-state index contributed by atoms with van der Waals surface area (Å²) in [6, 6.07) is 5.86. The van der Waals surface area contributed by atoms with Crippen molar-refractivity contribution in [2.45, 2.75) is 25.9 Å². The molecule has 0 amide bonds. The van der Waals surface area contributed by atoms with Crippen molar-refractivity contribution in [3.8, 4) is 5.69 Å². The number of nitrogens with one attached hydrogen (secondary N) is 1. The van der Waals surface area contributed by atoms with Crippen LogP contribution < -0.4 is 5.32 Å². The number of nitrogens with zero attached hydrogens (tertiary/aromatic N) is 2. The molecule has 0 bridgehead atoms. The largest absolute Gasteiger partial charge is 0.309 e. The Morgan fingerprint density at radius 3 is 2.70 bits per heavy atom. The van der Waals surface area contributed by atoms with Crippen molar-refractivity contribution in [3.63, 3.8) is 0 Å². The molecule has 3 rings (SSSR count). The highest BCUT2D eigenvalue weighted by atomic mass is 35.5. The zero-order chi connectivity index (χ0) is 16.6. The number of sulfone groups is 1. The number of benzene rings is 1. The maximum Gasteiger partial charge on any atom is 0.151 e. The monoisotopic (exact) mass is 357 g/mol. The normalized spacial score (nSPS) is 20.0. The molecular formula is C15H17ClFN3O2S. The zero-order valence-electron chi connectivity index (χ0n) is 12.6. The lowest BCUT2D eigenvalue weighted by Crippen LogP contribution is -2.29. The lowest BCUT2D eigenvalue weighted by atomic mass is 10.2. The summed E-state index contributed by atoms with van der Waals surface area (Å²) in [7, 11) is -2.91. The summed E-state index contributed by atoms with van der Waals surface area (Å²) in [4.78, 5) is 0. The molecule has 1 N–H and O–H groups in total. The van der Waals surface area contributed by atoms with Crippen LogP contribution in [-0.4, -0.2) is 35.7 Å². The Bertz CT molecular complexity index is 818. The molecule has 1 aromatic heterocycles. The highest BCUT2D eigenvalue weighted by Gasteiger charge is 2.28. The van der Waals surface area contributed by atoms with E-state index < -0.39 is 9.84 Å². The first-order valence-corrected chi connectivity index (χ1v) is 9.49. The highest BCUT2D eigenvalue weighted by Crippen LogP contribution is 2.24. The minimum Gasteiger partial charge on any atom is -0.309 e. The van der Waals surface area contributed by atoms with Gasteiger partial charge in [-0.05, 0) is 37.6 Å². The van der Waals surface area contributed by atoms with E-state index in [1.807, 2.05) is 6.92 Å². The second-order valence-corrected chi connectivity index (χ2v) is 8.31. The second-order valence-electron chi connectivity index (χ2n) is 5.72. The summed E-state index contributed by atoms with van der Waals surface area (Å²) >= 11 is 6.39. The molecule has 2 aromatic rings. The minimum atomic E-state index is -2.91. The average molecular weight is 358 g/mol. The van der Waals surface area contributed by atoms with Crippen LogP contribution in [0.2, 0.25) is 5.15 Å². The predicted octanol–water partition coefficient (Wildman–Crippen LogP) is 2.25. The van der Waals surface area contributed by atoms with Gasteiger partial charge in [-0.2, -0.15) is 5.10 Å². The van der Waals surface area contributed by atoms with E-state index in [4.69, 9.17) is 11.6 Å². The molecule has 5 nitrogen and oxygen atoms in total. The predicted molar refractivity (Wildman–Crippen MR) is 87.2 cm³/mol. The Balaban J connectivity index is 1.77. The SMILES string of the molecule is Cc1nn(-c2ccc(F)cc2)c(Cl)c1CNC1CCS(=O)(=O)C1. The molecule has 0 spiro atoms. The van der Waals surface area contributed by atoms with E-state index in [-0.39, 0.29) is 23.4 Å². The molecule has 1 aromatic carbocycles. The van der Waals surface area contributed by atoms with Gasteiger partial charge in [0.25, 0.3) is 0 Å². The molecule has 0 radical (unpaired) electrons. The first-order valence-electron chi connectivity index (χ1n) is 7.29. The smallest absolute Gasteiger partial charge is 0.151 e. The van der Waals surface area contributed by atoms with Crippen molar-refractivity contribution < 1.29 is 12.8 Å².